The molecule has 1 unspecified atom stereocenters. The summed E-state index contributed by atoms with van der Waals surface area (Å²) in [5.41, 5.74) is 0.645. The monoisotopic (exact) mass is 470 g/mol. The summed E-state index contributed by atoms with van der Waals surface area (Å²) in [6.45, 7) is 3.21. The summed E-state index contributed by atoms with van der Waals surface area (Å²) in [5, 5.41) is 0.487. The van der Waals surface area contributed by atoms with Gasteiger partial charge in [0.1, 0.15) is 5.82 Å². The molecular formula is C23H26N4O5S. The van der Waals surface area contributed by atoms with Gasteiger partial charge in [-0.25, -0.2) is 18.1 Å². The second-order valence-electron chi connectivity index (χ2n) is 7.86. The number of nitrogens with zero attached hydrogens (tertiary/aromatic N) is 2. The van der Waals surface area contributed by atoms with Crippen molar-refractivity contribution in [3.05, 3.63) is 70.3 Å². The van der Waals surface area contributed by atoms with Crippen molar-refractivity contribution in [2.24, 2.45) is 0 Å². The molecule has 2 heterocycles. The van der Waals surface area contributed by atoms with E-state index in [1.165, 1.54) is 29.2 Å². The van der Waals surface area contributed by atoms with Gasteiger partial charge in [0.15, 0.2) is 0 Å². The van der Waals surface area contributed by atoms with E-state index >= 15 is 0 Å². The van der Waals surface area contributed by atoms with Crippen LogP contribution in [-0.2, 0) is 21.3 Å². The predicted octanol–water partition coefficient (Wildman–Crippen LogP) is 2.04. The average molecular weight is 471 g/mol. The van der Waals surface area contributed by atoms with Crippen LogP contribution in [0.15, 0.2) is 58.2 Å². The lowest BCUT2D eigenvalue weighted by Crippen LogP contribution is -2.32. The number of rotatable bonds is 8. The third-order valence-corrected chi connectivity index (χ3v) is 7.05. The molecule has 33 heavy (non-hydrogen) atoms. The Morgan fingerprint density at radius 1 is 1.21 bits per heavy atom. The highest BCUT2D eigenvalue weighted by atomic mass is 32.2. The molecule has 0 spiro atoms. The molecule has 4 rings (SSSR count). The summed E-state index contributed by atoms with van der Waals surface area (Å²) in [6.07, 6.45) is 1.66. The van der Waals surface area contributed by atoms with Crippen LogP contribution in [0.3, 0.4) is 0 Å². The van der Waals surface area contributed by atoms with Gasteiger partial charge in [-0.05, 0) is 56.2 Å². The smallest absolute Gasteiger partial charge is 0.258 e. The van der Waals surface area contributed by atoms with Gasteiger partial charge in [-0.15, -0.1) is 0 Å². The Balaban J connectivity index is 1.46. The Bertz CT molecular complexity index is 1300. The zero-order valence-electron chi connectivity index (χ0n) is 18.3. The molecule has 1 amide bonds. The van der Waals surface area contributed by atoms with Gasteiger partial charge in [0.2, 0.25) is 10.0 Å². The number of ether oxygens (including phenoxy) is 1. The van der Waals surface area contributed by atoms with E-state index in [1.807, 2.05) is 6.92 Å². The second kappa shape index (κ2) is 9.82. The largest absolute Gasteiger partial charge is 0.377 e. The van der Waals surface area contributed by atoms with Crippen LogP contribution in [0, 0.1) is 0 Å². The molecule has 9 nitrogen and oxygen atoms in total. The number of aromatic nitrogens is 2. The number of hydrogen-bond acceptors (Lipinski definition) is 6. The van der Waals surface area contributed by atoms with Crippen LogP contribution in [0.2, 0.25) is 0 Å². The third kappa shape index (κ3) is 5.29. The fourth-order valence-corrected chi connectivity index (χ4v) is 4.83. The first-order valence-corrected chi connectivity index (χ1v) is 12.3. The van der Waals surface area contributed by atoms with Crippen LogP contribution in [0.25, 0.3) is 10.9 Å². The van der Waals surface area contributed by atoms with E-state index in [2.05, 4.69) is 14.7 Å². The maximum atomic E-state index is 13.0. The van der Waals surface area contributed by atoms with Gasteiger partial charge in [0, 0.05) is 25.3 Å². The minimum Gasteiger partial charge on any atom is -0.377 e. The van der Waals surface area contributed by atoms with Crippen molar-refractivity contribution in [1.29, 1.82) is 0 Å². The molecule has 1 aliphatic rings. The summed E-state index contributed by atoms with van der Waals surface area (Å²) in [5.74, 6) is 0.0935. The van der Waals surface area contributed by atoms with E-state index in [0.717, 1.165) is 12.8 Å². The lowest BCUT2D eigenvalue weighted by Gasteiger charge is -2.20. The summed E-state index contributed by atoms with van der Waals surface area (Å²) < 4.78 is 33.1. The van der Waals surface area contributed by atoms with Crippen LogP contribution < -0.4 is 10.3 Å². The summed E-state index contributed by atoms with van der Waals surface area (Å²) >= 11 is 0. The Kier molecular flexibility index (Phi) is 6.87. The quantitative estimate of drug-likeness (QED) is 0.520. The molecule has 2 aromatic carbocycles. The molecule has 1 atom stereocenters. The lowest BCUT2D eigenvalue weighted by molar-refractivity contribution is 0.0748. The number of hydrogen-bond donors (Lipinski definition) is 2. The highest BCUT2D eigenvalue weighted by Crippen LogP contribution is 2.16. The number of para-hydroxylation sites is 1. The van der Waals surface area contributed by atoms with E-state index in [0.29, 0.717) is 35.4 Å². The van der Waals surface area contributed by atoms with E-state index in [4.69, 9.17) is 4.74 Å². The summed E-state index contributed by atoms with van der Waals surface area (Å²) in [4.78, 5) is 34.1. The van der Waals surface area contributed by atoms with Gasteiger partial charge < -0.3 is 14.6 Å². The highest BCUT2D eigenvalue weighted by molar-refractivity contribution is 7.89. The number of carbonyl (C=O) groups is 1. The lowest BCUT2D eigenvalue weighted by atomic mass is 10.2. The number of nitrogens with one attached hydrogen (secondary N) is 2. The Morgan fingerprint density at radius 2 is 1.97 bits per heavy atom. The zero-order chi connectivity index (χ0) is 23.4. The molecule has 3 aromatic rings. The van der Waals surface area contributed by atoms with Gasteiger partial charge in [0.25, 0.3) is 11.5 Å². The molecule has 0 bridgehead atoms. The first-order valence-electron chi connectivity index (χ1n) is 10.9. The first-order chi connectivity index (χ1) is 15.9. The van der Waals surface area contributed by atoms with Crippen molar-refractivity contribution in [2.45, 2.75) is 37.3 Å². The zero-order valence-corrected chi connectivity index (χ0v) is 19.1. The molecular weight excluding hydrogens is 444 g/mol. The number of carbonyl (C=O) groups excluding carboxylic acids is 1. The van der Waals surface area contributed by atoms with Gasteiger partial charge in [-0.3, -0.25) is 9.59 Å². The van der Waals surface area contributed by atoms with Crippen molar-refractivity contribution in [3.63, 3.8) is 0 Å². The fraction of sp³-hybridized carbons (Fsp3) is 0.348. The molecule has 2 N–H and O–H groups in total. The van der Waals surface area contributed by atoms with Gasteiger partial charge in [-0.1, -0.05) is 12.1 Å². The molecule has 10 heteroatoms. The normalized spacial score (nSPS) is 16.2. The Labute approximate surface area is 191 Å². The minimum atomic E-state index is -3.69. The number of sulfonamides is 1. The van der Waals surface area contributed by atoms with Crippen LogP contribution in [0.4, 0.5) is 0 Å². The molecule has 1 aromatic heterocycles. The first kappa shape index (κ1) is 23.1. The highest BCUT2D eigenvalue weighted by Gasteiger charge is 2.21. The van der Waals surface area contributed by atoms with E-state index in [-0.39, 0.29) is 35.6 Å². The number of aromatic amines is 1. The minimum absolute atomic E-state index is 0.0839. The van der Waals surface area contributed by atoms with Crippen molar-refractivity contribution >= 4 is 26.8 Å². The molecule has 0 radical (unpaired) electrons. The van der Waals surface area contributed by atoms with Crippen molar-refractivity contribution in [2.75, 3.05) is 19.7 Å². The number of fused-ring (bicyclic) bond motifs is 1. The van der Waals surface area contributed by atoms with Crippen LogP contribution >= 0.6 is 0 Å². The fourth-order valence-electron chi connectivity index (χ4n) is 3.77. The summed E-state index contributed by atoms with van der Waals surface area (Å²) in [7, 11) is -3.69. The van der Waals surface area contributed by atoms with E-state index in [1.54, 1.807) is 24.3 Å². The second-order valence-corrected chi connectivity index (χ2v) is 9.63. The predicted molar refractivity (Wildman–Crippen MR) is 123 cm³/mol. The number of H-pyrrole nitrogens is 1. The molecule has 0 aliphatic carbocycles. The molecule has 1 fully saturated rings. The summed E-state index contributed by atoms with van der Waals surface area (Å²) in [6, 6.07) is 12.8. The van der Waals surface area contributed by atoms with Crippen molar-refractivity contribution < 1.29 is 17.9 Å². The standard InChI is InChI=1S/C23H26N4O5S/c1-2-27(15-21-25-20-8-4-3-7-19(20)22(28)26-21)23(29)16-9-11-18(12-10-16)33(30,31)24-14-17-6-5-13-32-17/h3-4,7-12,17,24H,2,5-6,13-15H2,1H3,(H,25,26,28). The van der Waals surface area contributed by atoms with Gasteiger partial charge in [-0.2, -0.15) is 0 Å². The van der Waals surface area contributed by atoms with Crippen LogP contribution in [0.5, 0.6) is 0 Å². The topological polar surface area (TPSA) is 121 Å². The van der Waals surface area contributed by atoms with Crippen LogP contribution in [-0.4, -0.2) is 55.0 Å². The van der Waals surface area contributed by atoms with Gasteiger partial charge >= 0.3 is 0 Å². The van der Waals surface area contributed by atoms with E-state index < -0.39 is 10.0 Å². The maximum absolute atomic E-state index is 13.0. The third-order valence-electron chi connectivity index (χ3n) is 5.61. The van der Waals surface area contributed by atoms with Crippen molar-refractivity contribution in [3.8, 4) is 0 Å². The number of benzene rings is 2. The van der Waals surface area contributed by atoms with Crippen molar-refractivity contribution in [1.82, 2.24) is 19.6 Å². The number of amides is 1. The van der Waals surface area contributed by atoms with Crippen LogP contribution in [0.1, 0.15) is 35.9 Å². The maximum Gasteiger partial charge on any atom is 0.258 e. The average Bonchev–Trinajstić information content (AvgIpc) is 3.35. The molecule has 0 saturated carbocycles. The molecule has 1 saturated heterocycles. The molecule has 174 valence electrons. The Morgan fingerprint density at radius 3 is 2.67 bits per heavy atom. The van der Waals surface area contributed by atoms with Gasteiger partial charge in [0.05, 0.1) is 28.4 Å². The Hall–Kier alpha value is -3.08. The SMILES string of the molecule is CCN(Cc1nc2ccccc2c(=O)[nH]1)C(=O)c1ccc(S(=O)(=O)NCC2CCCO2)cc1. The van der Waals surface area contributed by atoms with E-state index in [9.17, 15) is 18.0 Å². The molecule has 1 aliphatic heterocycles.